The fraction of sp³-hybridized carbons (Fsp3) is 0.226. The molecule has 0 radical (unpaired) electrons. The molecular formula is C31H27FIN3O6S. The number of halogens is 2. The Bertz CT molecular complexity index is 1610. The summed E-state index contributed by atoms with van der Waals surface area (Å²) in [6.07, 6.45) is 2.30. The number of benzene rings is 3. The van der Waals surface area contributed by atoms with E-state index in [1.807, 2.05) is 46.9 Å². The van der Waals surface area contributed by atoms with Gasteiger partial charge < -0.3 is 19.7 Å². The van der Waals surface area contributed by atoms with Gasteiger partial charge >= 0.3 is 0 Å². The Kier molecular flexibility index (Phi) is 9.65. The minimum Gasteiger partial charge on any atom is -0.490 e. The number of carbonyl (C=O) groups excluding carboxylic acids is 4. The van der Waals surface area contributed by atoms with Gasteiger partial charge in [-0.3, -0.25) is 24.1 Å². The Balaban J connectivity index is 1.25. The number of imide groups is 1. The molecule has 5 rings (SSSR count). The number of anilines is 1. The third-order valence-electron chi connectivity index (χ3n) is 6.76. The minimum atomic E-state index is -0.536. The summed E-state index contributed by atoms with van der Waals surface area (Å²) in [7, 11) is 0. The van der Waals surface area contributed by atoms with Crippen molar-refractivity contribution in [1.82, 2.24) is 9.80 Å². The topological polar surface area (TPSA) is 105 Å². The lowest BCUT2D eigenvalue weighted by Gasteiger charge is -2.29. The molecule has 0 aliphatic carbocycles. The summed E-state index contributed by atoms with van der Waals surface area (Å²) in [6, 6.07) is 16.7. The molecule has 222 valence electrons. The molecule has 0 spiro atoms. The van der Waals surface area contributed by atoms with Crippen LogP contribution < -0.4 is 14.8 Å². The summed E-state index contributed by atoms with van der Waals surface area (Å²) in [5.41, 5.74) is 3.28. The lowest BCUT2D eigenvalue weighted by Crippen LogP contribution is -2.44. The predicted molar refractivity (Wildman–Crippen MR) is 169 cm³/mol. The molecule has 0 unspecified atom stereocenters. The molecule has 1 N–H and O–H groups in total. The van der Waals surface area contributed by atoms with Gasteiger partial charge in [0.15, 0.2) is 18.1 Å². The van der Waals surface area contributed by atoms with Crippen LogP contribution in [0.5, 0.6) is 11.5 Å². The summed E-state index contributed by atoms with van der Waals surface area (Å²) in [5.74, 6) is -0.966. The second-order valence-corrected chi connectivity index (χ2v) is 11.9. The summed E-state index contributed by atoms with van der Waals surface area (Å²) in [6.45, 7) is 2.46. The first kappa shape index (κ1) is 30.5. The number of thioether (sulfide) groups is 1. The molecule has 12 heteroatoms. The van der Waals surface area contributed by atoms with Crippen LogP contribution in [-0.2, 0) is 27.3 Å². The molecule has 0 bridgehead atoms. The van der Waals surface area contributed by atoms with Crippen molar-refractivity contribution in [2.45, 2.75) is 19.9 Å². The molecular weight excluding hydrogens is 688 g/mol. The normalized spacial score (nSPS) is 15.5. The van der Waals surface area contributed by atoms with Gasteiger partial charge in [0.05, 0.1) is 15.1 Å². The molecule has 0 atom stereocenters. The average Bonchev–Trinajstić information content (AvgIpc) is 3.24. The zero-order valence-corrected chi connectivity index (χ0v) is 26.1. The molecule has 4 amide bonds. The van der Waals surface area contributed by atoms with E-state index >= 15 is 0 Å². The molecule has 3 aromatic rings. The van der Waals surface area contributed by atoms with Gasteiger partial charge in [-0.1, -0.05) is 24.3 Å². The maximum absolute atomic E-state index is 13.2. The van der Waals surface area contributed by atoms with E-state index in [2.05, 4.69) is 5.32 Å². The summed E-state index contributed by atoms with van der Waals surface area (Å²) >= 11 is 2.82. The Morgan fingerprint density at radius 3 is 2.56 bits per heavy atom. The second kappa shape index (κ2) is 13.6. The maximum atomic E-state index is 13.2. The van der Waals surface area contributed by atoms with Crippen LogP contribution in [0.4, 0.5) is 14.9 Å². The molecule has 0 saturated carbocycles. The lowest BCUT2D eigenvalue weighted by molar-refractivity contribution is -0.136. The summed E-state index contributed by atoms with van der Waals surface area (Å²) in [4.78, 5) is 54.2. The molecule has 2 aliphatic heterocycles. The SMILES string of the molecule is CCOc1cc(/C=C2\SC(=O)N(CC(=O)N3CCc4ccccc4C3)C2=O)cc(I)c1OCC(=O)Nc1ccc(F)cc1. The number of hydrogen-bond acceptors (Lipinski definition) is 7. The van der Waals surface area contributed by atoms with Gasteiger partial charge in [-0.25, -0.2) is 4.39 Å². The first-order valence-corrected chi connectivity index (χ1v) is 15.4. The smallest absolute Gasteiger partial charge is 0.294 e. The minimum absolute atomic E-state index is 0.187. The highest BCUT2D eigenvalue weighted by molar-refractivity contribution is 14.1. The number of fused-ring (bicyclic) bond motifs is 1. The number of hydrogen-bond donors (Lipinski definition) is 1. The van der Waals surface area contributed by atoms with Crippen LogP contribution in [-0.4, -0.2) is 59.1 Å². The van der Waals surface area contributed by atoms with E-state index in [-0.39, 0.29) is 24.0 Å². The fourth-order valence-corrected chi connectivity index (χ4v) is 6.29. The van der Waals surface area contributed by atoms with Crippen molar-refractivity contribution in [1.29, 1.82) is 0 Å². The van der Waals surface area contributed by atoms with E-state index in [1.54, 1.807) is 30.0 Å². The number of nitrogens with zero attached hydrogens (tertiary/aromatic N) is 2. The van der Waals surface area contributed by atoms with Crippen LogP contribution in [0.1, 0.15) is 23.6 Å². The predicted octanol–water partition coefficient (Wildman–Crippen LogP) is 5.47. The number of rotatable bonds is 9. The van der Waals surface area contributed by atoms with Crippen LogP contribution in [0, 0.1) is 9.39 Å². The first-order chi connectivity index (χ1) is 20.7. The number of carbonyl (C=O) groups is 4. The zero-order valence-electron chi connectivity index (χ0n) is 23.1. The van der Waals surface area contributed by atoms with Crippen molar-refractivity contribution in [3.05, 3.63) is 91.6 Å². The van der Waals surface area contributed by atoms with Crippen molar-refractivity contribution in [3.63, 3.8) is 0 Å². The van der Waals surface area contributed by atoms with Gasteiger partial charge in [0.2, 0.25) is 5.91 Å². The van der Waals surface area contributed by atoms with Gasteiger partial charge in [0.1, 0.15) is 12.4 Å². The van der Waals surface area contributed by atoms with E-state index in [4.69, 9.17) is 9.47 Å². The Morgan fingerprint density at radius 1 is 1.07 bits per heavy atom. The van der Waals surface area contributed by atoms with Gasteiger partial charge in [0.25, 0.3) is 17.1 Å². The lowest BCUT2D eigenvalue weighted by atomic mass is 10.00. The number of nitrogens with one attached hydrogen (secondary N) is 1. The Labute approximate surface area is 265 Å². The Hall–Kier alpha value is -3.91. The highest BCUT2D eigenvalue weighted by atomic mass is 127. The van der Waals surface area contributed by atoms with Crippen LogP contribution in [0.15, 0.2) is 65.6 Å². The first-order valence-electron chi connectivity index (χ1n) is 13.5. The Morgan fingerprint density at radius 2 is 1.81 bits per heavy atom. The summed E-state index contributed by atoms with van der Waals surface area (Å²) < 4.78 is 25.3. The molecule has 0 aromatic heterocycles. The third kappa shape index (κ3) is 7.36. The molecule has 3 aromatic carbocycles. The highest BCUT2D eigenvalue weighted by Gasteiger charge is 2.37. The van der Waals surface area contributed by atoms with Crippen LogP contribution >= 0.6 is 34.4 Å². The largest absolute Gasteiger partial charge is 0.490 e. The van der Waals surface area contributed by atoms with E-state index < -0.39 is 22.9 Å². The fourth-order valence-electron chi connectivity index (χ4n) is 4.67. The molecule has 9 nitrogen and oxygen atoms in total. The second-order valence-electron chi connectivity index (χ2n) is 9.71. The molecule has 2 aliphatic rings. The standard InChI is InChI=1S/C31H27FIN3O6S/c1-2-41-25-14-19(13-24(33)29(25)42-18-27(37)34-23-9-7-22(32)8-10-23)15-26-30(39)36(31(40)43-26)17-28(38)35-12-11-20-5-3-4-6-21(20)16-35/h3-10,13-15H,2,11-12,16-18H2,1H3,(H,34,37)/b26-15-. The van der Waals surface area contributed by atoms with Crippen molar-refractivity contribution in [2.24, 2.45) is 0 Å². The number of amides is 4. The van der Waals surface area contributed by atoms with Crippen LogP contribution in [0.2, 0.25) is 0 Å². The molecule has 2 heterocycles. The molecule has 43 heavy (non-hydrogen) atoms. The van der Waals surface area contributed by atoms with Crippen LogP contribution in [0.3, 0.4) is 0 Å². The molecule has 1 fully saturated rings. The monoisotopic (exact) mass is 715 g/mol. The highest BCUT2D eigenvalue weighted by Crippen LogP contribution is 2.37. The van der Waals surface area contributed by atoms with E-state index in [1.165, 1.54) is 29.8 Å². The van der Waals surface area contributed by atoms with E-state index in [0.29, 0.717) is 46.0 Å². The average molecular weight is 716 g/mol. The van der Waals surface area contributed by atoms with Gasteiger partial charge in [-0.2, -0.15) is 0 Å². The van der Waals surface area contributed by atoms with E-state index in [9.17, 15) is 23.6 Å². The van der Waals surface area contributed by atoms with Gasteiger partial charge in [-0.05, 0) is 107 Å². The quantitative estimate of drug-likeness (QED) is 0.232. The molecule has 1 saturated heterocycles. The van der Waals surface area contributed by atoms with Crippen molar-refractivity contribution < 1.29 is 33.0 Å². The van der Waals surface area contributed by atoms with E-state index in [0.717, 1.165) is 28.6 Å². The number of ether oxygens (including phenoxy) is 2. The van der Waals surface area contributed by atoms with Gasteiger partial charge in [0, 0.05) is 18.8 Å². The van der Waals surface area contributed by atoms with Gasteiger partial charge in [-0.15, -0.1) is 0 Å². The maximum Gasteiger partial charge on any atom is 0.294 e. The van der Waals surface area contributed by atoms with Crippen molar-refractivity contribution in [2.75, 3.05) is 31.6 Å². The van der Waals surface area contributed by atoms with Crippen molar-refractivity contribution in [3.8, 4) is 11.5 Å². The third-order valence-corrected chi connectivity index (χ3v) is 8.46. The van der Waals surface area contributed by atoms with Crippen molar-refractivity contribution >= 4 is 69.1 Å². The zero-order chi connectivity index (χ0) is 30.5. The summed E-state index contributed by atoms with van der Waals surface area (Å²) in [5, 5.41) is 2.13. The van der Waals surface area contributed by atoms with Crippen LogP contribution in [0.25, 0.3) is 6.08 Å².